The third kappa shape index (κ3) is 3.67. The molecule has 0 spiro atoms. The minimum absolute atomic E-state index is 0.495. The van der Waals surface area contributed by atoms with Crippen molar-refractivity contribution in [1.82, 2.24) is 9.71 Å². The van der Waals surface area contributed by atoms with E-state index in [1.165, 1.54) is 0 Å². The van der Waals surface area contributed by atoms with Crippen molar-refractivity contribution in [2.24, 2.45) is 0 Å². The first-order valence-electron chi connectivity index (χ1n) is 4.37. The Hall–Kier alpha value is -1.68. The molecule has 0 unspecified atom stereocenters. The Labute approximate surface area is 99.5 Å². The van der Waals surface area contributed by atoms with E-state index in [4.69, 9.17) is 5.11 Å². The van der Waals surface area contributed by atoms with Crippen LogP contribution in [-0.2, 0) is 21.0 Å². The second kappa shape index (κ2) is 4.90. The smallest absolute Gasteiger partial charge is 0.433 e. The summed E-state index contributed by atoms with van der Waals surface area (Å²) in [4.78, 5) is 12.6. The Kier molecular flexibility index (Phi) is 3.92. The first-order valence-corrected chi connectivity index (χ1v) is 5.86. The van der Waals surface area contributed by atoms with E-state index in [9.17, 15) is 26.4 Å². The van der Waals surface area contributed by atoms with Gasteiger partial charge in [0.1, 0.15) is 17.1 Å². The number of sulfonamides is 1. The number of carboxylic acid groups (broad SMARTS) is 1. The summed E-state index contributed by atoms with van der Waals surface area (Å²) in [5, 5.41) is 8.28. The Morgan fingerprint density at radius 3 is 2.39 bits per heavy atom. The number of hydrogen-bond donors (Lipinski definition) is 2. The zero-order valence-electron chi connectivity index (χ0n) is 8.60. The zero-order chi connectivity index (χ0) is 14.0. The van der Waals surface area contributed by atoms with Crippen LogP contribution in [0.5, 0.6) is 0 Å². The van der Waals surface area contributed by atoms with Crippen LogP contribution >= 0.6 is 0 Å². The molecule has 0 fully saturated rings. The van der Waals surface area contributed by atoms with Gasteiger partial charge in [0.05, 0.1) is 0 Å². The van der Waals surface area contributed by atoms with E-state index in [2.05, 4.69) is 4.98 Å². The second-order valence-electron chi connectivity index (χ2n) is 3.10. The van der Waals surface area contributed by atoms with E-state index in [1.54, 1.807) is 4.72 Å². The van der Waals surface area contributed by atoms with Crippen molar-refractivity contribution >= 4 is 16.0 Å². The van der Waals surface area contributed by atoms with E-state index in [-0.39, 0.29) is 0 Å². The first kappa shape index (κ1) is 14.4. The number of aliphatic carboxylic acids is 1. The summed E-state index contributed by atoms with van der Waals surface area (Å²) in [5.41, 5.74) is -1.24. The minimum Gasteiger partial charge on any atom is -0.480 e. The molecule has 2 N–H and O–H groups in total. The maximum atomic E-state index is 12.2. The topological polar surface area (TPSA) is 96.4 Å². The van der Waals surface area contributed by atoms with Gasteiger partial charge in [-0.05, 0) is 12.1 Å². The number of alkyl halides is 3. The summed E-state index contributed by atoms with van der Waals surface area (Å²) in [7, 11) is -4.18. The van der Waals surface area contributed by atoms with E-state index in [0.717, 1.165) is 0 Å². The number of carbonyl (C=O) groups is 1. The van der Waals surface area contributed by atoms with Crippen LogP contribution in [0.1, 0.15) is 5.69 Å². The molecule has 1 aromatic heterocycles. The molecule has 6 nitrogen and oxygen atoms in total. The molecule has 0 aromatic carbocycles. The molecular formula is C8H7F3N2O4S. The van der Waals surface area contributed by atoms with Gasteiger partial charge in [-0.2, -0.15) is 17.9 Å². The lowest BCUT2D eigenvalue weighted by atomic mass is 10.3. The Bertz CT molecular complexity index is 538. The molecule has 1 rings (SSSR count). The molecule has 0 amide bonds. The van der Waals surface area contributed by atoms with Gasteiger partial charge < -0.3 is 5.11 Å². The predicted molar refractivity (Wildman–Crippen MR) is 52.1 cm³/mol. The van der Waals surface area contributed by atoms with Crippen LogP contribution in [0.2, 0.25) is 0 Å². The molecule has 1 aromatic rings. The Morgan fingerprint density at radius 1 is 1.39 bits per heavy atom. The summed E-state index contributed by atoms with van der Waals surface area (Å²) in [6, 6.07) is 1.19. The second-order valence-corrected chi connectivity index (χ2v) is 4.86. The Balaban J connectivity index is 2.95. The molecule has 18 heavy (non-hydrogen) atoms. The molecule has 0 bridgehead atoms. The summed E-state index contributed by atoms with van der Waals surface area (Å²) in [6.45, 7) is -0.872. The number of nitrogens with one attached hydrogen (secondary N) is 1. The van der Waals surface area contributed by atoms with Crippen molar-refractivity contribution in [3.05, 3.63) is 24.0 Å². The van der Waals surface area contributed by atoms with Crippen LogP contribution in [0.4, 0.5) is 13.2 Å². The maximum Gasteiger partial charge on any atom is 0.433 e. The van der Waals surface area contributed by atoms with Gasteiger partial charge in [-0.1, -0.05) is 0 Å². The molecule has 1 heterocycles. The quantitative estimate of drug-likeness (QED) is 0.837. The van der Waals surface area contributed by atoms with Crippen molar-refractivity contribution < 1.29 is 31.5 Å². The highest BCUT2D eigenvalue weighted by Gasteiger charge is 2.32. The SMILES string of the molecule is O=C(O)CNS(=O)(=O)c1ccc(C(F)(F)F)nc1. The number of carboxylic acids is 1. The normalized spacial score (nSPS) is 12.4. The average molecular weight is 284 g/mol. The fourth-order valence-corrected chi connectivity index (χ4v) is 1.87. The number of hydrogen-bond acceptors (Lipinski definition) is 4. The van der Waals surface area contributed by atoms with E-state index in [1.807, 2.05) is 0 Å². The number of halogens is 3. The minimum atomic E-state index is -4.67. The summed E-state index contributed by atoms with van der Waals surface area (Å²) < 4.78 is 61.0. The first-order chi connectivity index (χ1) is 8.13. The number of pyridine rings is 1. The number of aromatic nitrogens is 1. The van der Waals surface area contributed by atoms with Gasteiger partial charge >= 0.3 is 12.1 Å². The highest BCUT2D eigenvalue weighted by Crippen LogP contribution is 2.27. The van der Waals surface area contributed by atoms with Crippen molar-refractivity contribution in [1.29, 1.82) is 0 Å². The highest BCUT2D eigenvalue weighted by molar-refractivity contribution is 7.89. The van der Waals surface area contributed by atoms with Gasteiger partial charge in [0.15, 0.2) is 0 Å². The van der Waals surface area contributed by atoms with Gasteiger partial charge in [-0.3, -0.25) is 9.78 Å². The molecule has 0 atom stereocenters. The fourth-order valence-electron chi connectivity index (χ4n) is 0.947. The maximum absolute atomic E-state index is 12.2. The van der Waals surface area contributed by atoms with Crippen LogP contribution in [0.15, 0.2) is 23.2 Å². The molecule has 0 aliphatic carbocycles. The van der Waals surface area contributed by atoms with Crippen LogP contribution in [0, 0.1) is 0 Å². The van der Waals surface area contributed by atoms with Crippen molar-refractivity contribution in [2.45, 2.75) is 11.1 Å². The van der Waals surface area contributed by atoms with E-state index < -0.39 is 39.3 Å². The fraction of sp³-hybridized carbons (Fsp3) is 0.250. The summed E-state index contributed by atoms with van der Waals surface area (Å²) >= 11 is 0. The molecular weight excluding hydrogens is 277 g/mol. The predicted octanol–water partition coefficient (Wildman–Crippen LogP) is 0.463. The standard InChI is InChI=1S/C8H7F3N2O4S/c9-8(10,11)6-2-1-5(3-12-6)18(16,17)13-4-7(14)15/h1-3,13H,4H2,(H,14,15). The van der Waals surface area contributed by atoms with Gasteiger partial charge in [0.2, 0.25) is 10.0 Å². The number of rotatable bonds is 4. The van der Waals surface area contributed by atoms with Gasteiger partial charge in [0.25, 0.3) is 0 Å². The van der Waals surface area contributed by atoms with Crippen LogP contribution in [0.3, 0.4) is 0 Å². The lowest BCUT2D eigenvalue weighted by Gasteiger charge is -2.07. The molecule has 0 saturated heterocycles. The molecule has 0 radical (unpaired) electrons. The third-order valence-electron chi connectivity index (χ3n) is 1.75. The molecule has 100 valence electrons. The van der Waals surface area contributed by atoms with E-state index in [0.29, 0.717) is 18.3 Å². The van der Waals surface area contributed by atoms with Gasteiger partial charge in [-0.25, -0.2) is 8.42 Å². The lowest BCUT2D eigenvalue weighted by molar-refractivity contribution is -0.141. The van der Waals surface area contributed by atoms with Crippen molar-refractivity contribution in [3.63, 3.8) is 0 Å². The molecule has 0 saturated carbocycles. The van der Waals surface area contributed by atoms with E-state index >= 15 is 0 Å². The molecule has 10 heteroatoms. The van der Waals surface area contributed by atoms with Crippen molar-refractivity contribution in [3.8, 4) is 0 Å². The van der Waals surface area contributed by atoms with Crippen LogP contribution < -0.4 is 4.72 Å². The average Bonchev–Trinajstić information content (AvgIpc) is 2.26. The molecule has 0 aliphatic heterocycles. The lowest BCUT2D eigenvalue weighted by Crippen LogP contribution is -2.29. The van der Waals surface area contributed by atoms with Crippen LogP contribution in [0.25, 0.3) is 0 Å². The summed E-state index contributed by atoms with van der Waals surface area (Å²) in [6.07, 6.45) is -4.16. The van der Waals surface area contributed by atoms with Gasteiger partial charge in [0, 0.05) is 6.20 Å². The Morgan fingerprint density at radius 2 is 2.00 bits per heavy atom. The largest absolute Gasteiger partial charge is 0.480 e. The van der Waals surface area contributed by atoms with Gasteiger partial charge in [-0.15, -0.1) is 0 Å². The molecule has 0 aliphatic rings. The third-order valence-corrected chi connectivity index (χ3v) is 3.14. The van der Waals surface area contributed by atoms with Crippen molar-refractivity contribution in [2.75, 3.05) is 6.54 Å². The zero-order valence-corrected chi connectivity index (χ0v) is 9.42. The number of nitrogens with zero attached hydrogens (tertiary/aromatic N) is 1. The highest BCUT2D eigenvalue weighted by atomic mass is 32.2. The summed E-state index contributed by atoms with van der Waals surface area (Å²) in [5.74, 6) is -1.42. The monoisotopic (exact) mass is 284 g/mol. The van der Waals surface area contributed by atoms with Crippen LogP contribution in [-0.4, -0.2) is 31.0 Å².